The molecule has 0 radical (unpaired) electrons. The van der Waals surface area contributed by atoms with Gasteiger partial charge in [0.1, 0.15) is 0 Å². The SMILES string of the molecule is [C-]#[N+]c1cccc([C@@H]2N(c3ccc(Cl)cc3)C(=O)N(c3ccc(Cl)cc3)[C@]2(C)CC)c1.[C-]#[N+]c1cccc([C@H]2N(c3ccc(Cl)cc3)C(=O)N(c3ccc(Cl)cc3)[C@@]2(C)CC)c1. The van der Waals surface area contributed by atoms with Gasteiger partial charge in [-0.1, -0.05) is 109 Å². The lowest BCUT2D eigenvalue weighted by Gasteiger charge is -2.38. The lowest BCUT2D eigenvalue weighted by molar-refractivity contribution is 0.253. The average molecular weight is 901 g/mol. The van der Waals surface area contributed by atoms with Gasteiger partial charge in [0.05, 0.1) is 36.3 Å². The third-order valence-corrected chi connectivity index (χ3v) is 13.0. The van der Waals surface area contributed by atoms with E-state index in [1.54, 1.807) is 70.5 Å². The quantitative estimate of drug-likeness (QED) is 0.143. The Morgan fingerprint density at radius 2 is 0.774 bits per heavy atom. The van der Waals surface area contributed by atoms with Gasteiger partial charge in [0.15, 0.2) is 11.4 Å². The summed E-state index contributed by atoms with van der Waals surface area (Å²) < 4.78 is 0. The highest BCUT2D eigenvalue weighted by Crippen LogP contribution is 2.51. The molecule has 62 heavy (non-hydrogen) atoms. The molecule has 6 aromatic rings. The van der Waals surface area contributed by atoms with E-state index < -0.39 is 11.1 Å². The molecule has 0 bridgehead atoms. The fourth-order valence-electron chi connectivity index (χ4n) is 8.64. The van der Waals surface area contributed by atoms with Gasteiger partial charge in [-0.15, -0.1) is 0 Å². The van der Waals surface area contributed by atoms with E-state index in [4.69, 9.17) is 59.5 Å². The molecule has 0 saturated carbocycles. The van der Waals surface area contributed by atoms with E-state index in [1.807, 2.05) is 94.7 Å². The Morgan fingerprint density at radius 3 is 1.05 bits per heavy atom. The number of hydrogen-bond acceptors (Lipinski definition) is 2. The minimum Gasteiger partial charge on any atom is -0.286 e. The summed E-state index contributed by atoms with van der Waals surface area (Å²) in [6.07, 6.45) is 1.41. The highest BCUT2D eigenvalue weighted by Gasteiger charge is 2.56. The molecule has 0 aromatic heterocycles. The molecule has 0 unspecified atom stereocenters. The van der Waals surface area contributed by atoms with Crippen LogP contribution in [0.3, 0.4) is 0 Å². The van der Waals surface area contributed by atoms with Crippen molar-refractivity contribution in [3.8, 4) is 0 Å². The Bertz CT molecular complexity index is 2500. The van der Waals surface area contributed by atoms with Crippen molar-refractivity contribution in [1.29, 1.82) is 0 Å². The molecule has 312 valence electrons. The number of urea groups is 2. The first-order valence-electron chi connectivity index (χ1n) is 20.0. The Hall–Kier alpha value is -6.00. The van der Waals surface area contributed by atoms with Crippen LogP contribution in [0.1, 0.15) is 63.7 Å². The van der Waals surface area contributed by atoms with Crippen LogP contribution in [0, 0.1) is 13.1 Å². The van der Waals surface area contributed by atoms with Crippen molar-refractivity contribution in [3.05, 3.63) is 200 Å². The first kappa shape index (κ1) is 44.1. The molecule has 0 aliphatic carbocycles. The molecule has 0 N–H and O–H groups in total. The Morgan fingerprint density at radius 1 is 0.484 bits per heavy atom. The van der Waals surface area contributed by atoms with Crippen molar-refractivity contribution in [3.63, 3.8) is 0 Å². The normalized spacial score (nSPS) is 20.7. The zero-order valence-electron chi connectivity index (χ0n) is 34.4. The number of nitrogens with zero attached hydrogens (tertiary/aromatic N) is 6. The first-order chi connectivity index (χ1) is 29.8. The Kier molecular flexibility index (Phi) is 12.9. The minimum absolute atomic E-state index is 0.132. The molecular weight excluding hydrogens is 858 g/mol. The van der Waals surface area contributed by atoms with Gasteiger partial charge in [-0.25, -0.2) is 19.3 Å². The number of rotatable bonds is 8. The summed E-state index contributed by atoms with van der Waals surface area (Å²) in [4.78, 5) is 42.3. The summed E-state index contributed by atoms with van der Waals surface area (Å²) in [5.74, 6) is 0. The topological polar surface area (TPSA) is 55.8 Å². The van der Waals surface area contributed by atoms with Gasteiger partial charge in [0, 0.05) is 42.8 Å². The predicted octanol–water partition coefficient (Wildman–Crippen LogP) is 15.8. The van der Waals surface area contributed by atoms with E-state index in [-0.39, 0.29) is 24.1 Å². The number of halogens is 4. The van der Waals surface area contributed by atoms with Crippen molar-refractivity contribution in [1.82, 2.24) is 0 Å². The second kappa shape index (κ2) is 18.2. The number of benzene rings is 6. The van der Waals surface area contributed by atoms with Crippen LogP contribution in [-0.4, -0.2) is 23.1 Å². The third kappa shape index (κ3) is 8.20. The lowest BCUT2D eigenvalue weighted by atomic mass is 9.83. The van der Waals surface area contributed by atoms with Gasteiger partial charge in [0.25, 0.3) is 0 Å². The van der Waals surface area contributed by atoms with Gasteiger partial charge in [-0.2, -0.15) is 0 Å². The van der Waals surface area contributed by atoms with Crippen molar-refractivity contribution in [2.24, 2.45) is 0 Å². The maximum Gasteiger partial charge on any atom is 0.330 e. The third-order valence-electron chi connectivity index (χ3n) is 12.0. The molecule has 2 aliphatic heterocycles. The van der Waals surface area contributed by atoms with E-state index in [2.05, 4.69) is 37.4 Å². The van der Waals surface area contributed by atoms with Crippen molar-refractivity contribution >= 4 is 92.6 Å². The van der Waals surface area contributed by atoms with E-state index in [0.29, 0.717) is 44.3 Å². The van der Waals surface area contributed by atoms with Crippen LogP contribution in [0.4, 0.5) is 43.7 Å². The van der Waals surface area contributed by atoms with Crippen molar-refractivity contribution in [2.45, 2.75) is 63.7 Å². The highest BCUT2D eigenvalue weighted by molar-refractivity contribution is 6.31. The zero-order valence-corrected chi connectivity index (χ0v) is 37.5. The van der Waals surface area contributed by atoms with Crippen molar-refractivity contribution < 1.29 is 9.59 Å². The largest absolute Gasteiger partial charge is 0.330 e. The van der Waals surface area contributed by atoms with Crippen LogP contribution >= 0.6 is 46.4 Å². The van der Waals surface area contributed by atoms with Crippen LogP contribution in [0.25, 0.3) is 9.69 Å². The van der Waals surface area contributed by atoms with E-state index in [1.165, 1.54) is 0 Å². The molecule has 2 fully saturated rings. The number of amides is 4. The van der Waals surface area contributed by atoms with Gasteiger partial charge in [0.2, 0.25) is 0 Å². The summed E-state index contributed by atoms with van der Waals surface area (Å²) >= 11 is 24.4. The Balaban J connectivity index is 0.000000186. The zero-order chi connectivity index (χ0) is 44.3. The minimum atomic E-state index is -0.564. The van der Waals surface area contributed by atoms with Gasteiger partial charge in [-0.05, 0) is 135 Å². The average Bonchev–Trinajstić information content (AvgIpc) is 3.67. The molecule has 0 spiro atoms. The molecule has 2 aliphatic rings. The lowest BCUT2D eigenvalue weighted by Crippen LogP contribution is -2.45. The molecule has 2 saturated heterocycles. The molecule has 12 heteroatoms. The maximum absolute atomic E-state index is 13.9. The molecule has 8 nitrogen and oxygen atoms in total. The number of carbonyl (C=O) groups excluding carboxylic acids is 2. The second-order valence-electron chi connectivity index (χ2n) is 15.5. The predicted molar refractivity (Wildman–Crippen MR) is 255 cm³/mol. The molecule has 4 amide bonds. The molecule has 6 aromatic carbocycles. The standard InChI is InChI=1S/2C25H21Cl2N3O/c2*1-4-25(2)23(17-6-5-7-20(16-17)28-3)29(21-12-8-18(26)9-13-21)24(31)30(25)22-14-10-19(27)11-15-22/h2*5-16,23H,4H2,1-2H3/t2*23-,25+/m10/s1. The number of carbonyl (C=O) groups is 2. The van der Waals surface area contributed by atoms with E-state index in [0.717, 1.165) is 33.9 Å². The van der Waals surface area contributed by atoms with Crippen LogP contribution in [0.15, 0.2) is 146 Å². The summed E-state index contributed by atoms with van der Waals surface area (Å²) in [7, 11) is 0. The van der Waals surface area contributed by atoms with Crippen LogP contribution in [0.2, 0.25) is 20.1 Å². The molecular formula is C50H42Cl4N6O2. The number of hydrogen-bond donors (Lipinski definition) is 0. The smallest absolute Gasteiger partial charge is 0.286 e. The molecule has 4 atom stereocenters. The fraction of sp³-hybridized carbons (Fsp3) is 0.200. The van der Waals surface area contributed by atoms with Crippen LogP contribution in [0.5, 0.6) is 0 Å². The van der Waals surface area contributed by atoms with Gasteiger partial charge < -0.3 is 0 Å². The maximum atomic E-state index is 13.9. The second-order valence-corrected chi connectivity index (χ2v) is 17.3. The monoisotopic (exact) mass is 898 g/mol. The molecule has 2 heterocycles. The van der Waals surface area contributed by atoms with Crippen LogP contribution < -0.4 is 19.6 Å². The van der Waals surface area contributed by atoms with Crippen LogP contribution in [-0.2, 0) is 0 Å². The summed E-state index contributed by atoms with van der Waals surface area (Å²) in [6.45, 7) is 23.2. The van der Waals surface area contributed by atoms with Crippen molar-refractivity contribution in [2.75, 3.05) is 19.6 Å². The van der Waals surface area contributed by atoms with E-state index >= 15 is 0 Å². The highest BCUT2D eigenvalue weighted by atomic mass is 35.5. The summed E-state index contributed by atoms with van der Waals surface area (Å²) in [6, 6.07) is 43.3. The summed E-state index contributed by atoms with van der Waals surface area (Å²) in [5.41, 5.74) is 4.86. The van der Waals surface area contributed by atoms with E-state index in [9.17, 15) is 9.59 Å². The fourth-order valence-corrected chi connectivity index (χ4v) is 9.14. The Labute approximate surface area is 383 Å². The number of anilines is 4. The first-order valence-corrected chi connectivity index (χ1v) is 21.5. The molecule has 8 rings (SSSR count). The van der Waals surface area contributed by atoms with Gasteiger partial charge >= 0.3 is 12.1 Å². The van der Waals surface area contributed by atoms with Gasteiger partial charge in [-0.3, -0.25) is 19.6 Å². The summed E-state index contributed by atoms with van der Waals surface area (Å²) in [5, 5.41) is 2.44.